The number of ether oxygens (including phenoxy) is 2. The third kappa shape index (κ3) is 4.35. The molecule has 0 spiro atoms. The molecule has 0 bridgehead atoms. The van der Waals surface area contributed by atoms with Gasteiger partial charge in [-0.2, -0.15) is 5.06 Å². The monoisotopic (exact) mass is 335 g/mol. The van der Waals surface area contributed by atoms with Gasteiger partial charge in [0.25, 0.3) is 0 Å². The third-order valence-electron chi connectivity index (χ3n) is 3.36. The molecule has 0 saturated heterocycles. The molecule has 0 aliphatic carbocycles. The second kappa shape index (κ2) is 7.05. The number of amides is 1. The summed E-state index contributed by atoms with van der Waals surface area (Å²) in [5.74, 6) is -0.154. The minimum Gasteiger partial charge on any atom is -0.497 e. The van der Waals surface area contributed by atoms with Crippen LogP contribution in [0.1, 0.15) is 31.9 Å². The van der Waals surface area contributed by atoms with Crippen molar-refractivity contribution in [2.45, 2.75) is 26.4 Å². The first-order valence-corrected chi connectivity index (χ1v) is 7.57. The molecule has 1 amide bonds. The van der Waals surface area contributed by atoms with Gasteiger partial charge in [0.1, 0.15) is 23.8 Å². The molecule has 24 heavy (non-hydrogen) atoms. The molecule has 1 aromatic carbocycles. The van der Waals surface area contributed by atoms with E-state index in [2.05, 4.69) is 6.58 Å². The molecule has 0 atom stereocenters. The molecule has 1 aromatic rings. The molecular formula is C18H22FNO4. The Morgan fingerprint density at radius 3 is 2.58 bits per heavy atom. The van der Waals surface area contributed by atoms with E-state index in [1.807, 2.05) is 6.08 Å². The predicted octanol–water partition coefficient (Wildman–Crippen LogP) is 4.01. The van der Waals surface area contributed by atoms with E-state index in [0.29, 0.717) is 11.1 Å². The summed E-state index contributed by atoms with van der Waals surface area (Å²) in [5, 5.41) is 1.15. The zero-order valence-corrected chi connectivity index (χ0v) is 14.4. The van der Waals surface area contributed by atoms with Gasteiger partial charge in [0.15, 0.2) is 0 Å². The quantitative estimate of drug-likeness (QED) is 0.783. The number of hydrogen-bond acceptors (Lipinski definition) is 4. The minimum atomic E-state index is -0.590. The number of rotatable bonds is 3. The van der Waals surface area contributed by atoms with Crippen LogP contribution < -0.4 is 0 Å². The van der Waals surface area contributed by atoms with Crippen LogP contribution in [0, 0.1) is 5.82 Å². The van der Waals surface area contributed by atoms with Crippen LogP contribution in [0.5, 0.6) is 0 Å². The van der Waals surface area contributed by atoms with E-state index in [1.54, 1.807) is 32.9 Å². The average molecular weight is 335 g/mol. The Bertz CT molecular complexity index is 676. The van der Waals surface area contributed by atoms with Gasteiger partial charge in [-0.05, 0) is 44.0 Å². The fourth-order valence-corrected chi connectivity index (χ4v) is 2.14. The lowest BCUT2D eigenvalue weighted by atomic mass is 10.0. The number of hydroxylamine groups is 2. The first-order chi connectivity index (χ1) is 11.2. The van der Waals surface area contributed by atoms with Gasteiger partial charge in [-0.1, -0.05) is 18.7 Å². The molecule has 1 aliphatic rings. The van der Waals surface area contributed by atoms with Crippen LogP contribution in [0.3, 0.4) is 0 Å². The van der Waals surface area contributed by atoms with Gasteiger partial charge in [-0.3, -0.25) is 4.84 Å². The Kier molecular flexibility index (Phi) is 5.29. The molecule has 0 N–H and O–H groups in total. The van der Waals surface area contributed by atoms with Crippen molar-refractivity contribution in [3.8, 4) is 0 Å². The summed E-state index contributed by atoms with van der Waals surface area (Å²) in [6, 6.07) is 4.77. The Balaban J connectivity index is 2.09. The smallest absolute Gasteiger partial charge is 0.434 e. The topological polar surface area (TPSA) is 48.0 Å². The molecule has 0 radical (unpaired) electrons. The highest BCUT2D eigenvalue weighted by Gasteiger charge is 2.25. The van der Waals surface area contributed by atoms with E-state index in [9.17, 15) is 9.18 Å². The highest BCUT2D eigenvalue weighted by Crippen LogP contribution is 2.25. The summed E-state index contributed by atoms with van der Waals surface area (Å²) < 4.78 is 24.3. The Morgan fingerprint density at radius 2 is 2.08 bits per heavy atom. The zero-order chi connectivity index (χ0) is 17.9. The normalized spacial score (nSPS) is 14.9. The van der Waals surface area contributed by atoms with E-state index < -0.39 is 17.5 Å². The lowest BCUT2D eigenvalue weighted by molar-refractivity contribution is -0.133. The summed E-state index contributed by atoms with van der Waals surface area (Å²) in [4.78, 5) is 17.3. The maximum Gasteiger partial charge on any atom is 0.434 e. The Hall–Kier alpha value is -2.34. The Labute approximate surface area is 141 Å². The predicted molar refractivity (Wildman–Crippen MR) is 89.3 cm³/mol. The van der Waals surface area contributed by atoms with Gasteiger partial charge < -0.3 is 9.47 Å². The summed E-state index contributed by atoms with van der Waals surface area (Å²) >= 11 is 0. The van der Waals surface area contributed by atoms with E-state index in [4.69, 9.17) is 14.3 Å². The summed E-state index contributed by atoms with van der Waals surface area (Å²) in [6.07, 6.45) is 1.27. The largest absolute Gasteiger partial charge is 0.497 e. The lowest BCUT2D eigenvalue weighted by Crippen LogP contribution is -2.39. The maximum absolute atomic E-state index is 14.1. The first kappa shape index (κ1) is 18.0. The molecule has 0 aromatic heterocycles. The summed E-state index contributed by atoms with van der Waals surface area (Å²) in [7, 11) is 1.44. The molecule has 6 heteroatoms. The van der Waals surface area contributed by atoms with Crippen molar-refractivity contribution in [1.29, 1.82) is 0 Å². The number of nitrogens with zero attached hydrogens (tertiary/aromatic N) is 1. The van der Waals surface area contributed by atoms with E-state index in [-0.39, 0.29) is 18.9 Å². The minimum absolute atomic E-state index is 0.156. The lowest BCUT2D eigenvalue weighted by Gasteiger charge is -2.28. The molecule has 0 unspecified atom stereocenters. The van der Waals surface area contributed by atoms with Crippen molar-refractivity contribution < 1.29 is 23.5 Å². The molecule has 130 valence electrons. The highest BCUT2D eigenvalue weighted by molar-refractivity contribution is 5.72. The van der Waals surface area contributed by atoms with Crippen LogP contribution in [0.2, 0.25) is 0 Å². The van der Waals surface area contributed by atoms with Gasteiger partial charge in [-0.15, -0.1) is 0 Å². The van der Waals surface area contributed by atoms with E-state index in [1.165, 1.54) is 13.2 Å². The number of carbonyl (C=O) groups excluding carboxylic acids is 1. The number of hydrogen-bond donors (Lipinski definition) is 0. The fourth-order valence-electron chi connectivity index (χ4n) is 2.14. The van der Waals surface area contributed by atoms with Gasteiger partial charge in [-0.25, -0.2) is 9.18 Å². The average Bonchev–Trinajstić information content (AvgIpc) is 2.52. The molecule has 2 rings (SSSR count). The SMILES string of the molecule is C=C(OC)c1ccc(C2=CCN(C(=O)OC(C)(C)C)OC2)cc1F. The standard InChI is InChI=1S/C18H22FNO4/c1-12(22-5)15-7-6-13(10-16(15)19)14-8-9-20(23-11-14)17(21)24-18(2,3)4/h6-8,10H,1,9,11H2,2-5H3. The van der Waals surface area contributed by atoms with Crippen LogP contribution in [0.15, 0.2) is 30.9 Å². The maximum atomic E-state index is 14.1. The second-order valence-corrected chi connectivity index (χ2v) is 6.37. The van der Waals surface area contributed by atoms with Crippen molar-refractivity contribution in [3.63, 3.8) is 0 Å². The molecule has 1 aliphatic heterocycles. The number of carbonyl (C=O) groups is 1. The molecule has 0 fully saturated rings. The van der Waals surface area contributed by atoms with Crippen LogP contribution in [0.25, 0.3) is 11.3 Å². The van der Waals surface area contributed by atoms with Crippen molar-refractivity contribution in [2.75, 3.05) is 20.3 Å². The zero-order valence-electron chi connectivity index (χ0n) is 14.4. The molecule has 0 saturated carbocycles. The van der Waals surface area contributed by atoms with Crippen LogP contribution in [-0.2, 0) is 14.3 Å². The van der Waals surface area contributed by atoms with Crippen LogP contribution in [-0.4, -0.2) is 37.0 Å². The summed E-state index contributed by atoms with van der Waals surface area (Å²) in [6.45, 7) is 9.39. The van der Waals surface area contributed by atoms with E-state index in [0.717, 1.165) is 10.6 Å². The number of methoxy groups -OCH3 is 1. The number of benzene rings is 1. The van der Waals surface area contributed by atoms with Crippen molar-refractivity contribution in [3.05, 3.63) is 47.8 Å². The van der Waals surface area contributed by atoms with Gasteiger partial charge in [0.05, 0.1) is 19.2 Å². The van der Waals surface area contributed by atoms with Gasteiger partial charge in [0.2, 0.25) is 0 Å². The van der Waals surface area contributed by atoms with Crippen molar-refractivity contribution in [2.24, 2.45) is 0 Å². The third-order valence-corrected chi connectivity index (χ3v) is 3.36. The summed E-state index contributed by atoms with van der Waals surface area (Å²) in [5.41, 5.74) is 1.20. The van der Waals surface area contributed by atoms with Crippen molar-refractivity contribution >= 4 is 17.4 Å². The van der Waals surface area contributed by atoms with Crippen LogP contribution in [0.4, 0.5) is 9.18 Å². The van der Waals surface area contributed by atoms with E-state index >= 15 is 0 Å². The van der Waals surface area contributed by atoms with Gasteiger partial charge in [0, 0.05) is 0 Å². The molecular weight excluding hydrogens is 313 g/mol. The van der Waals surface area contributed by atoms with Crippen LogP contribution >= 0.6 is 0 Å². The first-order valence-electron chi connectivity index (χ1n) is 7.57. The molecule has 1 heterocycles. The second-order valence-electron chi connectivity index (χ2n) is 6.37. The highest BCUT2D eigenvalue weighted by atomic mass is 19.1. The Morgan fingerprint density at radius 1 is 1.38 bits per heavy atom. The van der Waals surface area contributed by atoms with Crippen molar-refractivity contribution in [1.82, 2.24) is 5.06 Å². The fraction of sp³-hybridized carbons (Fsp3) is 0.389. The molecule has 5 nitrogen and oxygen atoms in total. The number of halogens is 1. The van der Waals surface area contributed by atoms with Gasteiger partial charge >= 0.3 is 6.09 Å².